The van der Waals surface area contributed by atoms with Gasteiger partial charge in [0.05, 0.1) is 11.5 Å². The third-order valence-electron chi connectivity index (χ3n) is 3.25. The average molecular weight is 440 g/mol. The second-order valence-electron chi connectivity index (χ2n) is 5.30. The predicted molar refractivity (Wildman–Crippen MR) is 107 cm³/mol. The van der Waals surface area contributed by atoms with E-state index in [0.717, 1.165) is 17.1 Å². The summed E-state index contributed by atoms with van der Waals surface area (Å²) in [6.07, 6.45) is 0. The van der Waals surface area contributed by atoms with Crippen molar-refractivity contribution in [3.63, 3.8) is 0 Å². The Hall–Kier alpha value is -2.16. The van der Waals surface area contributed by atoms with Crippen LogP contribution in [0.1, 0.15) is 11.1 Å². The van der Waals surface area contributed by atoms with Gasteiger partial charge in [-0.25, -0.2) is 4.99 Å². The molecule has 0 heterocycles. The van der Waals surface area contributed by atoms with Crippen LogP contribution in [0.2, 0.25) is 0 Å². The lowest BCUT2D eigenvalue weighted by molar-refractivity contribution is -0.384. The number of benzene rings is 2. The van der Waals surface area contributed by atoms with Crippen LogP contribution in [-0.2, 0) is 13.1 Å². The number of aliphatic imine (C=N–C) groups is 1. The number of guanidine groups is 1. The van der Waals surface area contributed by atoms with Crippen molar-refractivity contribution in [1.29, 1.82) is 0 Å². The number of nitrogens with one attached hydrogen (secondary N) is 1. The molecule has 0 fully saturated rings. The Labute approximate surface area is 158 Å². The van der Waals surface area contributed by atoms with Crippen LogP contribution in [-0.4, -0.2) is 29.9 Å². The van der Waals surface area contributed by atoms with E-state index in [9.17, 15) is 10.1 Å². The summed E-state index contributed by atoms with van der Waals surface area (Å²) < 4.78 is 0. The van der Waals surface area contributed by atoms with Crippen molar-refractivity contribution in [2.45, 2.75) is 13.1 Å². The first kappa shape index (κ1) is 19.9. The molecule has 0 bridgehead atoms. The zero-order valence-electron chi connectivity index (χ0n) is 13.7. The molecular formula is C17H21IN4O2. The van der Waals surface area contributed by atoms with Crippen molar-refractivity contribution in [3.8, 4) is 0 Å². The molecule has 0 aliphatic carbocycles. The quantitative estimate of drug-likeness (QED) is 0.254. The summed E-state index contributed by atoms with van der Waals surface area (Å²) in [7, 11) is 3.81. The second kappa shape index (κ2) is 9.86. The molecule has 0 unspecified atom stereocenters. The Morgan fingerprint density at radius 2 is 1.79 bits per heavy atom. The fourth-order valence-corrected chi connectivity index (χ4v) is 2.07. The lowest BCUT2D eigenvalue weighted by atomic mass is 10.2. The van der Waals surface area contributed by atoms with Crippen molar-refractivity contribution < 1.29 is 4.92 Å². The minimum absolute atomic E-state index is 0. The molecule has 2 aromatic rings. The molecule has 128 valence electrons. The molecule has 0 aromatic heterocycles. The summed E-state index contributed by atoms with van der Waals surface area (Å²) in [6, 6.07) is 16.6. The van der Waals surface area contributed by atoms with Gasteiger partial charge in [0.1, 0.15) is 0 Å². The highest BCUT2D eigenvalue weighted by molar-refractivity contribution is 14.0. The predicted octanol–water partition coefficient (Wildman–Crippen LogP) is 3.42. The topological polar surface area (TPSA) is 70.8 Å². The third-order valence-corrected chi connectivity index (χ3v) is 3.25. The highest BCUT2D eigenvalue weighted by atomic mass is 127. The Morgan fingerprint density at radius 3 is 2.42 bits per heavy atom. The van der Waals surface area contributed by atoms with E-state index < -0.39 is 4.92 Å². The fraction of sp³-hybridized carbons (Fsp3) is 0.235. The average Bonchev–Trinajstić information content (AvgIpc) is 2.55. The number of nitro groups is 1. The van der Waals surface area contributed by atoms with Crippen LogP contribution in [0, 0.1) is 10.1 Å². The first-order chi connectivity index (χ1) is 11.1. The van der Waals surface area contributed by atoms with Gasteiger partial charge in [-0.3, -0.25) is 10.1 Å². The van der Waals surface area contributed by atoms with Gasteiger partial charge in [-0.1, -0.05) is 42.5 Å². The minimum Gasteiger partial charge on any atom is -0.352 e. The summed E-state index contributed by atoms with van der Waals surface area (Å²) in [5.41, 5.74) is 2.05. The molecule has 2 rings (SSSR count). The zero-order chi connectivity index (χ0) is 16.7. The number of rotatable bonds is 5. The van der Waals surface area contributed by atoms with E-state index in [1.54, 1.807) is 12.1 Å². The molecule has 2 aromatic carbocycles. The molecule has 0 atom stereocenters. The summed E-state index contributed by atoms with van der Waals surface area (Å²) in [5, 5.41) is 14.1. The van der Waals surface area contributed by atoms with Crippen molar-refractivity contribution in [2.24, 2.45) is 4.99 Å². The van der Waals surface area contributed by atoms with E-state index in [1.807, 2.05) is 55.4 Å². The summed E-state index contributed by atoms with van der Waals surface area (Å²) in [4.78, 5) is 16.8. The Kier molecular flexibility index (Phi) is 8.17. The monoisotopic (exact) mass is 440 g/mol. The smallest absolute Gasteiger partial charge is 0.269 e. The molecule has 0 spiro atoms. The molecule has 6 nitrogen and oxygen atoms in total. The van der Waals surface area contributed by atoms with Crippen LogP contribution in [0.4, 0.5) is 5.69 Å². The third kappa shape index (κ3) is 6.15. The van der Waals surface area contributed by atoms with Gasteiger partial charge in [-0.15, -0.1) is 24.0 Å². The first-order valence-electron chi connectivity index (χ1n) is 7.29. The number of hydrogen-bond donors (Lipinski definition) is 1. The lowest BCUT2D eigenvalue weighted by Crippen LogP contribution is -2.36. The van der Waals surface area contributed by atoms with E-state index >= 15 is 0 Å². The summed E-state index contributed by atoms with van der Waals surface area (Å²) in [6.45, 7) is 1.06. The molecule has 0 saturated heterocycles. The van der Waals surface area contributed by atoms with Gasteiger partial charge >= 0.3 is 0 Å². The molecule has 0 radical (unpaired) electrons. The number of non-ortho nitro benzene ring substituents is 1. The number of halogens is 1. The van der Waals surface area contributed by atoms with Crippen LogP contribution in [0.3, 0.4) is 0 Å². The van der Waals surface area contributed by atoms with E-state index in [0.29, 0.717) is 13.1 Å². The van der Waals surface area contributed by atoms with Gasteiger partial charge < -0.3 is 10.2 Å². The van der Waals surface area contributed by atoms with Gasteiger partial charge in [-0.2, -0.15) is 0 Å². The fourth-order valence-electron chi connectivity index (χ4n) is 2.07. The largest absolute Gasteiger partial charge is 0.352 e. The Balaban J connectivity index is 0.00000288. The maximum atomic E-state index is 10.8. The molecule has 1 N–H and O–H groups in total. The van der Waals surface area contributed by atoms with Gasteiger partial charge in [0, 0.05) is 32.8 Å². The maximum Gasteiger partial charge on any atom is 0.269 e. The normalized spacial score (nSPS) is 10.7. The zero-order valence-corrected chi connectivity index (χ0v) is 16.0. The lowest BCUT2D eigenvalue weighted by Gasteiger charge is -2.17. The number of nitrogens with zero attached hydrogens (tertiary/aromatic N) is 3. The van der Waals surface area contributed by atoms with Gasteiger partial charge in [0.2, 0.25) is 0 Å². The molecular weight excluding hydrogens is 419 g/mol. The van der Waals surface area contributed by atoms with Crippen LogP contribution in [0.5, 0.6) is 0 Å². The first-order valence-corrected chi connectivity index (χ1v) is 7.29. The SMILES string of the molecule is CN(C)C(=NCc1cccc([N+](=O)[O-])c1)NCc1ccccc1.I. The number of nitro benzene ring substituents is 1. The van der Waals surface area contributed by atoms with E-state index in [4.69, 9.17) is 0 Å². The Morgan fingerprint density at radius 1 is 1.12 bits per heavy atom. The molecule has 0 aliphatic rings. The Bertz CT molecular complexity index is 690. The highest BCUT2D eigenvalue weighted by Gasteiger charge is 2.06. The molecule has 7 heteroatoms. The maximum absolute atomic E-state index is 10.8. The highest BCUT2D eigenvalue weighted by Crippen LogP contribution is 2.13. The molecule has 0 saturated carbocycles. The van der Waals surface area contributed by atoms with Gasteiger partial charge in [0.15, 0.2) is 5.96 Å². The molecule has 24 heavy (non-hydrogen) atoms. The van der Waals surface area contributed by atoms with Crippen LogP contribution in [0.25, 0.3) is 0 Å². The summed E-state index contributed by atoms with van der Waals surface area (Å²) >= 11 is 0. The van der Waals surface area contributed by atoms with E-state index in [1.165, 1.54) is 6.07 Å². The van der Waals surface area contributed by atoms with Crippen LogP contribution < -0.4 is 5.32 Å². The van der Waals surface area contributed by atoms with Crippen molar-refractivity contribution in [1.82, 2.24) is 10.2 Å². The van der Waals surface area contributed by atoms with Crippen molar-refractivity contribution >= 4 is 35.6 Å². The molecule has 0 amide bonds. The number of hydrogen-bond acceptors (Lipinski definition) is 3. The minimum atomic E-state index is -0.395. The van der Waals surface area contributed by atoms with E-state index in [2.05, 4.69) is 10.3 Å². The molecule has 0 aliphatic heterocycles. The summed E-state index contributed by atoms with van der Waals surface area (Å²) in [5.74, 6) is 0.736. The standard InChI is InChI=1S/C17H20N4O2.HI/c1-20(2)17(18-12-14-7-4-3-5-8-14)19-13-15-9-6-10-16(11-15)21(22)23;/h3-11H,12-13H2,1-2H3,(H,18,19);1H. The van der Waals surface area contributed by atoms with Gasteiger partial charge in [-0.05, 0) is 11.1 Å². The van der Waals surface area contributed by atoms with Crippen LogP contribution in [0.15, 0.2) is 59.6 Å². The van der Waals surface area contributed by atoms with Crippen LogP contribution >= 0.6 is 24.0 Å². The van der Waals surface area contributed by atoms with Gasteiger partial charge in [0.25, 0.3) is 5.69 Å². The van der Waals surface area contributed by atoms with Crippen molar-refractivity contribution in [3.05, 3.63) is 75.8 Å². The second-order valence-corrected chi connectivity index (χ2v) is 5.30. The van der Waals surface area contributed by atoms with Crippen molar-refractivity contribution in [2.75, 3.05) is 14.1 Å². The van der Waals surface area contributed by atoms with E-state index in [-0.39, 0.29) is 29.7 Å².